The largest absolute Gasteiger partial charge is 0.384 e. The lowest BCUT2D eigenvalue weighted by Gasteiger charge is -2.26. The number of amidine groups is 1. The minimum absolute atomic E-state index is 0.0155. The summed E-state index contributed by atoms with van der Waals surface area (Å²) in [4.78, 5) is 0. The van der Waals surface area contributed by atoms with Crippen molar-refractivity contribution in [1.29, 1.82) is 5.41 Å². The van der Waals surface area contributed by atoms with Gasteiger partial charge in [0.15, 0.2) is 0 Å². The lowest BCUT2D eigenvalue weighted by molar-refractivity contribution is -0.135. The highest BCUT2D eigenvalue weighted by Gasteiger charge is 2.19. The molecule has 0 atom stereocenters. The predicted molar refractivity (Wildman–Crippen MR) is 61.9 cm³/mol. The molecular weight excluding hydrogens is 228 g/mol. The number of nitrogen functional groups attached to an aromatic ring is 1. The highest BCUT2D eigenvalue weighted by molar-refractivity contribution is 6.31. The quantitative estimate of drug-likeness (QED) is 0.620. The maximum atomic E-state index is 7.28. The van der Waals surface area contributed by atoms with Crippen molar-refractivity contribution in [2.24, 2.45) is 5.73 Å². The number of ether oxygens (including phenoxy) is 2. The molecule has 0 spiro atoms. The van der Waals surface area contributed by atoms with Crippen LogP contribution < -0.4 is 5.73 Å². The van der Waals surface area contributed by atoms with Gasteiger partial charge in [0.05, 0.1) is 19.8 Å². The van der Waals surface area contributed by atoms with Crippen LogP contribution in [0.2, 0.25) is 5.02 Å². The number of hydrogen-bond donors (Lipinski definition) is 2. The third kappa shape index (κ3) is 2.52. The van der Waals surface area contributed by atoms with E-state index in [1.807, 2.05) is 6.07 Å². The van der Waals surface area contributed by atoms with Crippen LogP contribution in [0, 0.1) is 5.41 Å². The fourth-order valence-electron chi connectivity index (χ4n) is 1.35. The van der Waals surface area contributed by atoms with Gasteiger partial charge in [0.25, 0.3) is 0 Å². The van der Waals surface area contributed by atoms with E-state index in [4.69, 9.17) is 32.2 Å². The lowest BCUT2D eigenvalue weighted by Crippen LogP contribution is -2.35. The van der Waals surface area contributed by atoms with Gasteiger partial charge in [-0.15, -0.1) is 0 Å². The summed E-state index contributed by atoms with van der Waals surface area (Å²) in [6.07, 6.45) is 0.184. The van der Waals surface area contributed by atoms with Crippen molar-refractivity contribution in [2.45, 2.75) is 12.7 Å². The number of nitrogens with two attached hydrogens (primary N) is 1. The Morgan fingerprint density at radius 1 is 1.56 bits per heavy atom. The molecule has 86 valence electrons. The van der Waals surface area contributed by atoms with Gasteiger partial charge >= 0.3 is 0 Å². The second-order valence-electron chi connectivity index (χ2n) is 3.69. The Balaban J connectivity index is 2.00. The minimum Gasteiger partial charge on any atom is -0.384 e. The number of rotatable bonds is 4. The summed E-state index contributed by atoms with van der Waals surface area (Å²) >= 11 is 6.05. The first-order valence-corrected chi connectivity index (χ1v) is 5.37. The van der Waals surface area contributed by atoms with Crippen molar-refractivity contribution in [1.82, 2.24) is 0 Å². The molecule has 1 aliphatic rings. The molecule has 0 radical (unpaired) electrons. The van der Waals surface area contributed by atoms with Gasteiger partial charge in [-0.25, -0.2) is 0 Å². The highest BCUT2D eigenvalue weighted by atomic mass is 35.5. The Bertz CT molecular complexity index is 405. The summed E-state index contributed by atoms with van der Waals surface area (Å²) < 4.78 is 10.6. The third-order valence-corrected chi connectivity index (χ3v) is 2.80. The summed E-state index contributed by atoms with van der Waals surface area (Å²) in [5.74, 6) is 0.0155. The first-order valence-electron chi connectivity index (χ1n) is 4.99. The van der Waals surface area contributed by atoms with Gasteiger partial charge in [-0.1, -0.05) is 23.7 Å². The Labute approximate surface area is 98.8 Å². The Kier molecular flexibility index (Phi) is 3.43. The molecule has 5 heteroatoms. The van der Waals surface area contributed by atoms with Crippen LogP contribution in [0.4, 0.5) is 0 Å². The first kappa shape index (κ1) is 11.4. The van der Waals surface area contributed by atoms with Crippen LogP contribution >= 0.6 is 11.6 Å². The zero-order chi connectivity index (χ0) is 11.5. The second kappa shape index (κ2) is 4.82. The zero-order valence-corrected chi connectivity index (χ0v) is 9.46. The summed E-state index contributed by atoms with van der Waals surface area (Å²) in [5.41, 5.74) is 6.89. The molecule has 3 N–H and O–H groups in total. The van der Waals surface area contributed by atoms with Gasteiger partial charge in [-0.05, 0) is 11.6 Å². The highest BCUT2D eigenvalue weighted by Crippen LogP contribution is 2.20. The van der Waals surface area contributed by atoms with E-state index in [-0.39, 0.29) is 11.9 Å². The summed E-state index contributed by atoms with van der Waals surface area (Å²) in [6.45, 7) is 1.78. The van der Waals surface area contributed by atoms with Crippen molar-refractivity contribution in [3.63, 3.8) is 0 Å². The number of nitrogens with one attached hydrogen (secondary N) is 1. The molecule has 0 unspecified atom stereocenters. The van der Waals surface area contributed by atoms with Gasteiger partial charge < -0.3 is 15.2 Å². The van der Waals surface area contributed by atoms with Crippen LogP contribution in [-0.4, -0.2) is 25.2 Å². The van der Waals surface area contributed by atoms with Crippen LogP contribution in [0.15, 0.2) is 18.2 Å². The van der Waals surface area contributed by atoms with E-state index in [1.165, 1.54) is 0 Å². The smallest absolute Gasteiger partial charge is 0.122 e. The fraction of sp³-hybridized carbons (Fsp3) is 0.364. The zero-order valence-electron chi connectivity index (χ0n) is 8.70. The van der Waals surface area contributed by atoms with E-state index in [1.54, 1.807) is 12.1 Å². The van der Waals surface area contributed by atoms with E-state index >= 15 is 0 Å². The lowest BCUT2D eigenvalue weighted by atomic mass is 10.1. The first-order chi connectivity index (χ1) is 7.66. The molecule has 1 aliphatic heterocycles. The molecule has 1 fully saturated rings. The van der Waals surface area contributed by atoms with Gasteiger partial charge in [0, 0.05) is 10.6 Å². The van der Waals surface area contributed by atoms with Gasteiger partial charge in [0.1, 0.15) is 11.9 Å². The molecule has 0 aromatic heterocycles. The maximum absolute atomic E-state index is 7.28. The molecule has 2 rings (SSSR count). The van der Waals surface area contributed by atoms with Crippen LogP contribution in [0.25, 0.3) is 0 Å². The molecule has 0 bridgehead atoms. The SMILES string of the molecule is N=C(N)c1ccc(COC2COC2)c(Cl)c1. The van der Waals surface area contributed by atoms with Crippen molar-refractivity contribution in [3.8, 4) is 0 Å². The van der Waals surface area contributed by atoms with Crippen molar-refractivity contribution < 1.29 is 9.47 Å². The number of benzene rings is 1. The summed E-state index contributed by atoms with van der Waals surface area (Å²) in [7, 11) is 0. The van der Waals surface area contributed by atoms with Gasteiger partial charge in [-0.2, -0.15) is 0 Å². The molecule has 1 aromatic rings. The molecule has 4 nitrogen and oxygen atoms in total. The number of hydrogen-bond acceptors (Lipinski definition) is 3. The van der Waals surface area contributed by atoms with E-state index in [0.717, 1.165) is 5.56 Å². The molecule has 0 saturated carbocycles. The maximum Gasteiger partial charge on any atom is 0.122 e. The monoisotopic (exact) mass is 240 g/mol. The molecule has 0 aliphatic carbocycles. The molecular formula is C11H13ClN2O2. The molecule has 1 aromatic carbocycles. The Morgan fingerprint density at radius 2 is 2.31 bits per heavy atom. The standard InChI is InChI=1S/C11H13ClN2O2/c12-10-3-7(11(13)14)1-2-8(10)4-16-9-5-15-6-9/h1-3,9H,4-6H2,(H3,13,14). The summed E-state index contributed by atoms with van der Waals surface area (Å²) in [6, 6.07) is 5.28. The minimum atomic E-state index is 0.0155. The van der Waals surface area contributed by atoms with Crippen LogP contribution in [0.5, 0.6) is 0 Å². The van der Waals surface area contributed by atoms with Crippen molar-refractivity contribution in [2.75, 3.05) is 13.2 Å². The second-order valence-corrected chi connectivity index (χ2v) is 4.10. The number of halogens is 1. The van der Waals surface area contributed by atoms with Gasteiger partial charge in [0.2, 0.25) is 0 Å². The van der Waals surface area contributed by atoms with Crippen molar-refractivity contribution in [3.05, 3.63) is 34.3 Å². The average molecular weight is 241 g/mol. The third-order valence-electron chi connectivity index (χ3n) is 2.45. The van der Waals surface area contributed by atoms with E-state index in [2.05, 4.69) is 0 Å². The normalized spacial score (nSPS) is 15.8. The van der Waals surface area contributed by atoms with Crippen LogP contribution in [0.3, 0.4) is 0 Å². The molecule has 1 heterocycles. The summed E-state index contributed by atoms with van der Waals surface area (Å²) in [5, 5.41) is 7.86. The molecule has 16 heavy (non-hydrogen) atoms. The van der Waals surface area contributed by atoms with Crippen molar-refractivity contribution >= 4 is 17.4 Å². The van der Waals surface area contributed by atoms with Crippen LogP contribution in [-0.2, 0) is 16.1 Å². The molecule has 0 amide bonds. The fourth-order valence-corrected chi connectivity index (χ4v) is 1.58. The Morgan fingerprint density at radius 3 is 2.81 bits per heavy atom. The topological polar surface area (TPSA) is 68.3 Å². The molecule has 1 saturated heterocycles. The van der Waals surface area contributed by atoms with E-state index in [0.29, 0.717) is 30.4 Å². The van der Waals surface area contributed by atoms with Crippen LogP contribution in [0.1, 0.15) is 11.1 Å². The van der Waals surface area contributed by atoms with E-state index < -0.39 is 0 Å². The Hall–Kier alpha value is -1.10. The van der Waals surface area contributed by atoms with E-state index in [9.17, 15) is 0 Å². The predicted octanol–water partition coefficient (Wildman–Crippen LogP) is 1.54. The average Bonchev–Trinajstić information content (AvgIpc) is 2.17. The van der Waals surface area contributed by atoms with Gasteiger partial charge in [-0.3, -0.25) is 5.41 Å².